The van der Waals surface area contributed by atoms with Gasteiger partial charge in [0.2, 0.25) is 0 Å². The number of nitrogens with one attached hydrogen (secondary N) is 1. The molecule has 0 aliphatic rings. The Labute approximate surface area is 164 Å². The third-order valence-corrected chi connectivity index (χ3v) is 5.83. The van der Waals surface area contributed by atoms with E-state index in [1.807, 2.05) is 55.6 Å². The summed E-state index contributed by atoms with van der Waals surface area (Å²) < 4.78 is 0.985. The summed E-state index contributed by atoms with van der Waals surface area (Å²) in [4.78, 5) is 41.5. The lowest BCUT2D eigenvalue weighted by Crippen LogP contribution is -2.37. The molecule has 0 amide bonds. The van der Waals surface area contributed by atoms with E-state index in [0.717, 1.165) is 26.8 Å². The Balaban J connectivity index is 1.81. The van der Waals surface area contributed by atoms with Gasteiger partial charge in [0.15, 0.2) is 5.78 Å². The summed E-state index contributed by atoms with van der Waals surface area (Å²) in [7, 11) is 0. The van der Waals surface area contributed by atoms with Crippen LogP contribution in [0.1, 0.15) is 21.5 Å². The number of Topliss-reactive ketones (excluding diaryl/α,β-unsaturated/α-hetero) is 1. The van der Waals surface area contributed by atoms with E-state index < -0.39 is 11.2 Å². The molecule has 0 saturated carbocycles. The minimum absolute atomic E-state index is 0.272. The Morgan fingerprint density at radius 2 is 1.79 bits per heavy atom. The van der Waals surface area contributed by atoms with E-state index in [4.69, 9.17) is 0 Å². The zero-order chi connectivity index (χ0) is 19.8. The van der Waals surface area contributed by atoms with Crippen LogP contribution in [0.25, 0.3) is 21.3 Å². The first kappa shape index (κ1) is 18.1. The van der Waals surface area contributed by atoms with E-state index >= 15 is 0 Å². The molecule has 5 nitrogen and oxygen atoms in total. The average Bonchev–Trinajstić information content (AvgIpc) is 3.11. The summed E-state index contributed by atoms with van der Waals surface area (Å²) in [6.07, 6.45) is 0. The highest BCUT2D eigenvalue weighted by Gasteiger charge is 2.17. The highest BCUT2D eigenvalue weighted by Crippen LogP contribution is 2.29. The van der Waals surface area contributed by atoms with Crippen molar-refractivity contribution in [3.8, 4) is 11.1 Å². The predicted octanol–water partition coefficient (Wildman–Crippen LogP) is 3.92. The maximum absolute atomic E-state index is 13.1. The first-order valence-electron chi connectivity index (χ1n) is 8.86. The van der Waals surface area contributed by atoms with E-state index in [1.165, 1.54) is 11.3 Å². The SMILES string of the molecule is Cc1ccc(C(=O)Cn2c(=O)[nH]c3scc(-c4ccccc4)c3c2=O)cc1C. The van der Waals surface area contributed by atoms with Crippen LogP contribution in [0.5, 0.6) is 0 Å². The van der Waals surface area contributed by atoms with Gasteiger partial charge >= 0.3 is 5.69 Å². The van der Waals surface area contributed by atoms with Crippen molar-refractivity contribution in [3.05, 3.63) is 91.4 Å². The van der Waals surface area contributed by atoms with Crippen LogP contribution in [0.3, 0.4) is 0 Å². The lowest BCUT2D eigenvalue weighted by atomic mass is 10.0. The Bertz CT molecular complexity index is 1310. The van der Waals surface area contributed by atoms with Gasteiger partial charge < -0.3 is 0 Å². The van der Waals surface area contributed by atoms with Crippen LogP contribution in [-0.4, -0.2) is 15.3 Å². The molecule has 4 aromatic rings. The molecular weight excluding hydrogens is 372 g/mol. The van der Waals surface area contributed by atoms with Crippen LogP contribution in [-0.2, 0) is 6.54 Å². The summed E-state index contributed by atoms with van der Waals surface area (Å²) in [6, 6.07) is 14.9. The average molecular weight is 390 g/mol. The van der Waals surface area contributed by atoms with Crippen molar-refractivity contribution in [2.24, 2.45) is 0 Å². The van der Waals surface area contributed by atoms with Crippen molar-refractivity contribution in [2.45, 2.75) is 20.4 Å². The second-order valence-corrected chi connectivity index (χ2v) is 7.64. The number of aromatic amines is 1. The summed E-state index contributed by atoms with van der Waals surface area (Å²) >= 11 is 1.31. The lowest BCUT2D eigenvalue weighted by molar-refractivity contribution is 0.0969. The fourth-order valence-corrected chi connectivity index (χ4v) is 4.13. The highest BCUT2D eigenvalue weighted by atomic mass is 32.1. The van der Waals surface area contributed by atoms with Crippen LogP contribution < -0.4 is 11.2 Å². The number of aryl methyl sites for hydroxylation is 2. The second-order valence-electron chi connectivity index (χ2n) is 6.76. The molecule has 0 bridgehead atoms. The summed E-state index contributed by atoms with van der Waals surface area (Å²) in [5, 5.41) is 2.29. The van der Waals surface area contributed by atoms with E-state index in [2.05, 4.69) is 4.98 Å². The molecule has 0 aliphatic heterocycles. The number of carbonyl (C=O) groups excluding carboxylic acids is 1. The topological polar surface area (TPSA) is 71.9 Å². The predicted molar refractivity (Wildman–Crippen MR) is 112 cm³/mol. The van der Waals surface area contributed by atoms with Gasteiger partial charge in [0.05, 0.1) is 11.9 Å². The number of thiophene rings is 1. The number of nitrogens with zero attached hydrogens (tertiary/aromatic N) is 1. The van der Waals surface area contributed by atoms with Crippen molar-refractivity contribution in [1.29, 1.82) is 0 Å². The summed E-state index contributed by atoms with van der Waals surface area (Å²) in [6.45, 7) is 3.60. The molecule has 6 heteroatoms. The molecule has 28 heavy (non-hydrogen) atoms. The second kappa shape index (κ2) is 7.05. The minimum atomic E-state index is -0.573. The van der Waals surface area contributed by atoms with Crippen LogP contribution in [0.15, 0.2) is 63.5 Å². The maximum atomic E-state index is 13.1. The number of aromatic nitrogens is 2. The highest BCUT2D eigenvalue weighted by molar-refractivity contribution is 7.17. The molecule has 140 valence electrons. The number of rotatable bonds is 4. The van der Waals surface area contributed by atoms with Gasteiger partial charge in [-0.25, -0.2) is 4.79 Å². The number of hydrogen-bond acceptors (Lipinski definition) is 4. The first-order valence-corrected chi connectivity index (χ1v) is 9.74. The number of hydrogen-bond donors (Lipinski definition) is 1. The number of H-pyrrole nitrogens is 1. The molecule has 2 aromatic heterocycles. The standard InChI is InChI=1S/C22H18N2O3S/c1-13-8-9-16(10-14(13)2)18(25)11-24-21(26)19-17(15-6-4-3-5-7-15)12-28-20(19)23-22(24)27/h3-10,12H,11H2,1-2H3,(H,23,27). The monoisotopic (exact) mass is 390 g/mol. The Hall–Kier alpha value is -3.25. The third-order valence-electron chi connectivity index (χ3n) is 4.93. The molecule has 0 radical (unpaired) electrons. The molecular formula is C22H18N2O3S. The number of ketones is 1. The zero-order valence-corrected chi connectivity index (χ0v) is 16.3. The van der Waals surface area contributed by atoms with Crippen LogP contribution in [0, 0.1) is 13.8 Å². The van der Waals surface area contributed by atoms with Crippen molar-refractivity contribution in [2.75, 3.05) is 0 Å². The van der Waals surface area contributed by atoms with Gasteiger partial charge in [0.25, 0.3) is 5.56 Å². The molecule has 0 aliphatic carbocycles. The first-order chi connectivity index (χ1) is 13.5. The van der Waals surface area contributed by atoms with Crippen molar-refractivity contribution < 1.29 is 4.79 Å². The molecule has 1 N–H and O–H groups in total. The number of carbonyl (C=O) groups is 1. The Morgan fingerprint density at radius 3 is 2.50 bits per heavy atom. The Kier molecular flexibility index (Phi) is 4.57. The van der Waals surface area contributed by atoms with Gasteiger partial charge in [-0.3, -0.25) is 19.1 Å². The smallest absolute Gasteiger partial charge is 0.298 e. The number of fused-ring (bicyclic) bond motifs is 1. The van der Waals surface area contributed by atoms with Gasteiger partial charge in [0, 0.05) is 16.5 Å². The number of benzene rings is 2. The normalized spacial score (nSPS) is 11.1. The molecule has 0 spiro atoms. The van der Waals surface area contributed by atoms with Gasteiger partial charge in [-0.1, -0.05) is 42.5 Å². The van der Waals surface area contributed by atoms with Gasteiger partial charge in [0.1, 0.15) is 4.83 Å². The van der Waals surface area contributed by atoms with Crippen LogP contribution in [0.2, 0.25) is 0 Å². The minimum Gasteiger partial charge on any atom is -0.298 e. The fraction of sp³-hybridized carbons (Fsp3) is 0.136. The van der Waals surface area contributed by atoms with Crippen molar-refractivity contribution >= 4 is 27.3 Å². The molecule has 0 atom stereocenters. The summed E-state index contributed by atoms with van der Waals surface area (Å²) in [5.41, 5.74) is 3.19. The van der Waals surface area contributed by atoms with Crippen molar-refractivity contribution in [1.82, 2.24) is 9.55 Å². The molecule has 0 saturated heterocycles. The van der Waals surface area contributed by atoms with E-state index in [-0.39, 0.29) is 12.3 Å². The van der Waals surface area contributed by atoms with Crippen LogP contribution in [0.4, 0.5) is 0 Å². The van der Waals surface area contributed by atoms with Gasteiger partial charge in [-0.15, -0.1) is 11.3 Å². The molecule has 0 unspecified atom stereocenters. The molecule has 2 aromatic carbocycles. The Morgan fingerprint density at radius 1 is 1.04 bits per heavy atom. The lowest BCUT2D eigenvalue weighted by Gasteiger charge is -2.07. The van der Waals surface area contributed by atoms with E-state index in [1.54, 1.807) is 12.1 Å². The fourth-order valence-electron chi connectivity index (χ4n) is 3.18. The zero-order valence-electron chi connectivity index (χ0n) is 15.5. The van der Waals surface area contributed by atoms with Gasteiger partial charge in [-0.2, -0.15) is 0 Å². The van der Waals surface area contributed by atoms with Gasteiger partial charge in [-0.05, 0) is 36.6 Å². The summed E-state index contributed by atoms with van der Waals surface area (Å²) in [5.74, 6) is -0.272. The molecule has 0 fully saturated rings. The third kappa shape index (κ3) is 3.12. The van der Waals surface area contributed by atoms with E-state index in [0.29, 0.717) is 15.8 Å². The van der Waals surface area contributed by atoms with Crippen molar-refractivity contribution in [3.63, 3.8) is 0 Å². The largest absolute Gasteiger partial charge is 0.329 e. The quantitative estimate of drug-likeness (QED) is 0.537. The maximum Gasteiger partial charge on any atom is 0.329 e. The van der Waals surface area contributed by atoms with Crippen LogP contribution >= 0.6 is 11.3 Å². The molecule has 4 rings (SSSR count). The van der Waals surface area contributed by atoms with E-state index in [9.17, 15) is 14.4 Å². The molecule has 2 heterocycles.